The molecule has 33 heavy (non-hydrogen) atoms. The molecule has 0 spiro atoms. The molecule has 2 heterocycles. The number of carbonyl (C=O) groups excluding carboxylic acids is 3. The predicted octanol–water partition coefficient (Wildman–Crippen LogP) is 3.79. The minimum atomic E-state index is -0.318. The molecule has 0 radical (unpaired) electrons. The van der Waals surface area contributed by atoms with Crippen LogP contribution in [0, 0.1) is 6.92 Å². The lowest BCUT2D eigenvalue weighted by Gasteiger charge is -2.35. The van der Waals surface area contributed by atoms with Crippen LogP contribution in [0.25, 0.3) is 0 Å². The molecule has 174 valence electrons. The Kier molecular flexibility index (Phi) is 6.79. The molecule has 2 aromatic carbocycles. The third-order valence-corrected chi connectivity index (χ3v) is 6.61. The van der Waals surface area contributed by atoms with Gasteiger partial charge in [0.15, 0.2) is 0 Å². The summed E-state index contributed by atoms with van der Waals surface area (Å²) in [5.74, 6) is -0.888. The number of nitrogens with one attached hydrogen (secondary N) is 1. The number of hydrogen-bond acceptors (Lipinski definition) is 5. The smallest absolute Gasteiger partial charge is 0.261 e. The van der Waals surface area contributed by atoms with Crippen molar-refractivity contribution in [1.29, 1.82) is 0 Å². The number of piperazine rings is 1. The molecule has 3 amide bonds. The summed E-state index contributed by atoms with van der Waals surface area (Å²) >= 11 is 0. The highest BCUT2D eigenvalue weighted by Crippen LogP contribution is 2.27. The first-order valence-corrected chi connectivity index (χ1v) is 11.8. The summed E-state index contributed by atoms with van der Waals surface area (Å²) in [4.78, 5) is 44.2. The highest BCUT2D eigenvalue weighted by atomic mass is 16.2. The quantitative estimate of drug-likeness (QED) is 0.653. The number of fused-ring (bicyclic) bond motifs is 1. The Labute approximate surface area is 195 Å². The van der Waals surface area contributed by atoms with E-state index in [1.54, 1.807) is 12.1 Å². The van der Waals surface area contributed by atoms with Gasteiger partial charge in [-0.15, -0.1) is 0 Å². The van der Waals surface area contributed by atoms with E-state index in [9.17, 15) is 14.4 Å². The second kappa shape index (κ2) is 9.75. The fourth-order valence-corrected chi connectivity index (χ4v) is 4.45. The topological polar surface area (TPSA) is 73.0 Å². The molecule has 4 rings (SSSR count). The van der Waals surface area contributed by atoms with E-state index in [0.29, 0.717) is 23.2 Å². The van der Waals surface area contributed by atoms with Gasteiger partial charge < -0.3 is 15.1 Å². The summed E-state index contributed by atoms with van der Waals surface area (Å²) in [6.07, 6.45) is 1.66. The van der Waals surface area contributed by atoms with Crippen LogP contribution in [-0.4, -0.2) is 66.8 Å². The van der Waals surface area contributed by atoms with Crippen LogP contribution >= 0.6 is 0 Å². The lowest BCUT2D eigenvalue weighted by atomic mass is 10.0. The number of aryl methyl sites for hydroxylation is 1. The van der Waals surface area contributed by atoms with Crippen LogP contribution in [0.15, 0.2) is 36.4 Å². The molecule has 1 N–H and O–H groups in total. The first-order chi connectivity index (χ1) is 15.9. The number of carbonyl (C=O) groups is 3. The molecule has 7 nitrogen and oxygen atoms in total. The fourth-order valence-electron chi connectivity index (χ4n) is 4.45. The molecule has 0 aromatic heterocycles. The lowest BCUT2D eigenvalue weighted by Crippen LogP contribution is -2.46. The van der Waals surface area contributed by atoms with Gasteiger partial charge in [-0.25, -0.2) is 0 Å². The Balaban J connectivity index is 1.46. The summed E-state index contributed by atoms with van der Waals surface area (Å²) in [5.41, 5.74) is 3.93. The van der Waals surface area contributed by atoms with E-state index in [4.69, 9.17) is 0 Å². The summed E-state index contributed by atoms with van der Waals surface area (Å²) < 4.78 is 0. The normalized spacial score (nSPS) is 16.3. The van der Waals surface area contributed by atoms with Gasteiger partial charge in [-0.1, -0.05) is 20.3 Å². The van der Waals surface area contributed by atoms with E-state index in [1.165, 1.54) is 11.0 Å². The Hall–Kier alpha value is -3.19. The van der Waals surface area contributed by atoms with Crippen LogP contribution < -0.4 is 10.2 Å². The Morgan fingerprint density at radius 2 is 1.67 bits per heavy atom. The van der Waals surface area contributed by atoms with Crippen molar-refractivity contribution < 1.29 is 14.4 Å². The maximum atomic E-state index is 12.9. The number of benzene rings is 2. The highest BCUT2D eigenvalue weighted by Gasteiger charge is 2.35. The van der Waals surface area contributed by atoms with Crippen molar-refractivity contribution >= 4 is 29.1 Å². The van der Waals surface area contributed by atoms with Crippen LogP contribution in [0.1, 0.15) is 63.3 Å². The lowest BCUT2D eigenvalue weighted by molar-refractivity contribution is 0.0652. The van der Waals surface area contributed by atoms with Gasteiger partial charge in [-0.3, -0.25) is 19.3 Å². The molecule has 1 fully saturated rings. The molecule has 0 atom stereocenters. The number of likely N-dealkylation sites (N-methyl/N-ethyl adjacent to an activating group) is 1. The zero-order valence-electron chi connectivity index (χ0n) is 19.7. The summed E-state index contributed by atoms with van der Waals surface area (Å²) in [6.45, 7) is 11.8. The van der Waals surface area contributed by atoms with E-state index < -0.39 is 0 Å². The first-order valence-electron chi connectivity index (χ1n) is 11.8. The van der Waals surface area contributed by atoms with Gasteiger partial charge in [0.1, 0.15) is 0 Å². The van der Waals surface area contributed by atoms with Crippen LogP contribution in [0.2, 0.25) is 0 Å². The van der Waals surface area contributed by atoms with E-state index >= 15 is 0 Å². The van der Waals surface area contributed by atoms with Crippen molar-refractivity contribution in [1.82, 2.24) is 9.80 Å². The van der Waals surface area contributed by atoms with Gasteiger partial charge in [0, 0.05) is 49.7 Å². The average Bonchev–Trinajstić information content (AvgIpc) is 3.07. The van der Waals surface area contributed by atoms with E-state index in [-0.39, 0.29) is 17.7 Å². The fraction of sp³-hybridized carbons (Fsp3) is 0.423. The Bertz CT molecular complexity index is 1070. The number of imide groups is 1. The summed E-state index contributed by atoms with van der Waals surface area (Å²) in [6, 6.07) is 10.8. The second-order valence-electron chi connectivity index (χ2n) is 8.75. The molecule has 7 heteroatoms. The number of hydrogen-bond donors (Lipinski definition) is 1. The zero-order valence-corrected chi connectivity index (χ0v) is 19.7. The number of anilines is 2. The molecule has 1 saturated heterocycles. The van der Waals surface area contributed by atoms with Crippen molar-refractivity contribution in [3.63, 3.8) is 0 Å². The molecular weight excluding hydrogens is 416 g/mol. The van der Waals surface area contributed by atoms with Crippen molar-refractivity contribution in [2.45, 2.75) is 33.6 Å². The third kappa shape index (κ3) is 4.64. The van der Waals surface area contributed by atoms with Gasteiger partial charge >= 0.3 is 0 Å². The van der Waals surface area contributed by atoms with E-state index in [2.05, 4.69) is 28.1 Å². The van der Waals surface area contributed by atoms with Gasteiger partial charge in [-0.2, -0.15) is 0 Å². The maximum absolute atomic E-state index is 12.9. The molecule has 2 aliphatic rings. The number of unbranched alkanes of at least 4 members (excludes halogenated alkanes) is 1. The summed E-state index contributed by atoms with van der Waals surface area (Å²) in [7, 11) is 0. The van der Waals surface area contributed by atoms with E-state index in [0.717, 1.165) is 62.5 Å². The zero-order chi connectivity index (χ0) is 23.5. The SMILES string of the molecule is CCCCN1C(=O)c2ccc(C(=O)Nc3ccc(N4CCN(CC)CC4)cc3C)cc2C1=O. The monoisotopic (exact) mass is 448 g/mol. The van der Waals surface area contributed by atoms with Crippen LogP contribution in [0.3, 0.4) is 0 Å². The third-order valence-electron chi connectivity index (χ3n) is 6.61. The molecular formula is C26H32N4O3. The van der Waals surface area contributed by atoms with Gasteiger partial charge in [-0.05, 0) is 61.9 Å². The van der Waals surface area contributed by atoms with Crippen molar-refractivity contribution in [2.75, 3.05) is 49.5 Å². The minimum Gasteiger partial charge on any atom is -0.369 e. The number of amides is 3. The molecule has 0 bridgehead atoms. The first kappa shape index (κ1) is 23.0. The molecule has 2 aromatic rings. The summed E-state index contributed by atoms with van der Waals surface area (Å²) in [5, 5.41) is 2.96. The minimum absolute atomic E-state index is 0.276. The van der Waals surface area contributed by atoms with Crippen LogP contribution in [0.5, 0.6) is 0 Å². The maximum Gasteiger partial charge on any atom is 0.261 e. The Morgan fingerprint density at radius 3 is 2.33 bits per heavy atom. The average molecular weight is 449 g/mol. The largest absolute Gasteiger partial charge is 0.369 e. The standard InChI is InChI=1S/C26H32N4O3/c1-4-6-11-30-25(32)21-9-7-19(17-22(21)26(30)33)24(31)27-23-10-8-20(16-18(23)3)29-14-12-28(5-2)13-15-29/h7-10,16-17H,4-6,11-15H2,1-3H3,(H,27,31). The number of rotatable bonds is 7. The predicted molar refractivity (Wildman–Crippen MR) is 130 cm³/mol. The van der Waals surface area contributed by atoms with Crippen LogP contribution in [0.4, 0.5) is 11.4 Å². The van der Waals surface area contributed by atoms with E-state index in [1.807, 2.05) is 26.0 Å². The number of nitrogens with zero attached hydrogens (tertiary/aromatic N) is 3. The molecule has 0 saturated carbocycles. The molecule has 2 aliphatic heterocycles. The molecule has 0 unspecified atom stereocenters. The van der Waals surface area contributed by atoms with Crippen molar-refractivity contribution in [2.24, 2.45) is 0 Å². The second-order valence-corrected chi connectivity index (χ2v) is 8.75. The van der Waals surface area contributed by atoms with Crippen molar-refractivity contribution in [3.05, 3.63) is 58.7 Å². The van der Waals surface area contributed by atoms with Gasteiger partial charge in [0.2, 0.25) is 0 Å². The molecule has 0 aliphatic carbocycles. The van der Waals surface area contributed by atoms with Gasteiger partial charge in [0.25, 0.3) is 17.7 Å². The van der Waals surface area contributed by atoms with Crippen molar-refractivity contribution in [3.8, 4) is 0 Å². The highest BCUT2D eigenvalue weighted by molar-refractivity contribution is 6.22. The Morgan fingerprint density at radius 1 is 0.939 bits per heavy atom. The van der Waals surface area contributed by atoms with Gasteiger partial charge in [0.05, 0.1) is 11.1 Å². The van der Waals surface area contributed by atoms with Crippen LogP contribution in [-0.2, 0) is 0 Å².